The van der Waals surface area contributed by atoms with Gasteiger partial charge in [-0.15, -0.1) is 0 Å². The quantitative estimate of drug-likeness (QED) is 0.597. The van der Waals surface area contributed by atoms with Crippen LogP contribution < -0.4 is 4.74 Å². The van der Waals surface area contributed by atoms with E-state index in [2.05, 4.69) is 45.9 Å². The van der Waals surface area contributed by atoms with Crippen molar-refractivity contribution >= 4 is 5.91 Å². The molecule has 1 heterocycles. The van der Waals surface area contributed by atoms with Crippen LogP contribution in [-0.2, 0) is 9.53 Å². The van der Waals surface area contributed by atoms with Gasteiger partial charge in [-0.2, -0.15) is 0 Å². The summed E-state index contributed by atoms with van der Waals surface area (Å²) in [5, 5.41) is 0. The van der Waals surface area contributed by atoms with E-state index >= 15 is 0 Å². The molecular weight excluding hydrogens is 362 g/mol. The normalized spacial score (nSPS) is 24.9. The van der Waals surface area contributed by atoms with Crippen LogP contribution in [0.15, 0.2) is 48.1 Å². The Labute approximate surface area is 175 Å². The number of hydrogen-bond acceptors (Lipinski definition) is 3. The first-order valence-electron chi connectivity index (χ1n) is 10.9. The van der Waals surface area contributed by atoms with E-state index in [0.29, 0.717) is 12.3 Å². The molecule has 2 aliphatic rings. The standard InChI is InChI=1S/C25H35NO3/c1-6-24(21-9-7-17(2)8-10-21)29-19(4)22-15-25(27)26(16-22)18(3)20-11-13-23(28-5)14-12-20/h7-9,11-14,18-19,21-22,24H,6,10,15-16H2,1-5H3. The maximum absolute atomic E-state index is 12.7. The number of amides is 1. The van der Waals surface area contributed by atoms with Crippen molar-refractivity contribution in [1.82, 2.24) is 4.90 Å². The summed E-state index contributed by atoms with van der Waals surface area (Å²) in [7, 11) is 1.67. The van der Waals surface area contributed by atoms with E-state index in [4.69, 9.17) is 9.47 Å². The van der Waals surface area contributed by atoms with Crippen LogP contribution in [0.5, 0.6) is 5.75 Å². The van der Waals surface area contributed by atoms with Gasteiger partial charge in [0.15, 0.2) is 0 Å². The minimum absolute atomic E-state index is 0.0574. The number of likely N-dealkylation sites (tertiary alicyclic amines) is 1. The van der Waals surface area contributed by atoms with Crippen molar-refractivity contribution in [2.45, 2.75) is 65.2 Å². The second-order valence-electron chi connectivity index (χ2n) is 8.45. The van der Waals surface area contributed by atoms with Crippen molar-refractivity contribution in [3.05, 3.63) is 53.6 Å². The molecule has 1 saturated heterocycles. The van der Waals surface area contributed by atoms with Crippen molar-refractivity contribution in [2.75, 3.05) is 13.7 Å². The molecule has 0 bridgehead atoms. The highest BCUT2D eigenvalue weighted by molar-refractivity contribution is 5.79. The third-order valence-corrected chi connectivity index (χ3v) is 6.51. The van der Waals surface area contributed by atoms with E-state index in [1.807, 2.05) is 29.2 Å². The first-order chi connectivity index (χ1) is 13.9. The maximum atomic E-state index is 12.7. The number of carbonyl (C=O) groups excluding carboxylic acids is 1. The van der Waals surface area contributed by atoms with Crippen LogP contribution in [0.3, 0.4) is 0 Å². The number of hydrogen-bond donors (Lipinski definition) is 0. The molecule has 0 saturated carbocycles. The monoisotopic (exact) mass is 397 g/mol. The molecule has 1 fully saturated rings. The predicted molar refractivity (Wildman–Crippen MR) is 117 cm³/mol. The lowest BCUT2D eigenvalue weighted by molar-refractivity contribution is -0.129. The molecule has 1 aromatic carbocycles. The number of nitrogens with zero attached hydrogens (tertiary/aromatic N) is 1. The summed E-state index contributed by atoms with van der Waals surface area (Å²) in [6.07, 6.45) is 9.63. The third-order valence-electron chi connectivity index (χ3n) is 6.51. The van der Waals surface area contributed by atoms with Gasteiger partial charge in [-0.3, -0.25) is 4.79 Å². The number of carbonyl (C=O) groups is 1. The Morgan fingerprint density at radius 2 is 1.93 bits per heavy atom. The molecule has 5 unspecified atom stereocenters. The summed E-state index contributed by atoms with van der Waals surface area (Å²) >= 11 is 0. The van der Waals surface area contributed by atoms with Crippen LogP contribution in [-0.4, -0.2) is 36.7 Å². The Balaban J connectivity index is 1.60. The maximum Gasteiger partial charge on any atom is 0.223 e. The highest BCUT2D eigenvalue weighted by atomic mass is 16.5. The molecule has 0 spiro atoms. The van der Waals surface area contributed by atoms with E-state index in [1.165, 1.54) is 5.57 Å². The van der Waals surface area contributed by atoms with Crippen molar-refractivity contribution in [2.24, 2.45) is 11.8 Å². The average molecular weight is 398 g/mol. The number of ether oxygens (including phenoxy) is 2. The number of allylic oxidation sites excluding steroid dienone is 3. The molecular formula is C25H35NO3. The van der Waals surface area contributed by atoms with Gasteiger partial charge in [-0.05, 0) is 51.3 Å². The SMILES string of the molecule is CCC(OC(C)C1CC(=O)N(C(C)c2ccc(OC)cc2)C1)C1C=CC(C)=CC1. The molecule has 3 rings (SSSR count). The van der Waals surface area contributed by atoms with E-state index < -0.39 is 0 Å². The van der Waals surface area contributed by atoms with Gasteiger partial charge in [0.2, 0.25) is 5.91 Å². The molecule has 0 N–H and O–H groups in total. The van der Waals surface area contributed by atoms with Gasteiger partial charge in [0, 0.05) is 24.8 Å². The van der Waals surface area contributed by atoms with Crippen molar-refractivity contribution in [1.29, 1.82) is 0 Å². The largest absolute Gasteiger partial charge is 0.497 e. The second kappa shape index (κ2) is 9.62. The van der Waals surface area contributed by atoms with Crippen molar-refractivity contribution < 1.29 is 14.3 Å². The minimum atomic E-state index is 0.0574. The molecule has 158 valence electrons. The second-order valence-corrected chi connectivity index (χ2v) is 8.45. The van der Waals surface area contributed by atoms with E-state index in [9.17, 15) is 4.79 Å². The highest BCUT2D eigenvalue weighted by Crippen LogP contribution is 2.33. The summed E-state index contributed by atoms with van der Waals surface area (Å²) in [6.45, 7) is 9.32. The first-order valence-corrected chi connectivity index (χ1v) is 10.9. The third kappa shape index (κ3) is 5.11. The zero-order valence-corrected chi connectivity index (χ0v) is 18.4. The average Bonchev–Trinajstić information content (AvgIpc) is 3.14. The van der Waals surface area contributed by atoms with Crippen LogP contribution in [0.1, 0.15) is 58.6 Å². The number of methoxy groups -OCH3 is 1. The lowest BCUT2D eigenvalue weighted by Gasteiger charge is -2.31. The lowest BCUT2D eigenvalue weighted by Crippen LogP contribution is -2.33. The Morgan fingerprint density at radius 1 is 1.21 bits per heavy atom. The molecule has 29 heavy (non-hydrogen) atoms. The fourth-order valence-corrected chi connectivity index (χ4v) is 4.42. The molecule has 1 aliphatic carbocycles. The molecule has 4 nitrogen and oxygen atoms in total. The topological polar surface area (TPSA) is 38.8 Å². The Hall–Kier alpha value is -2.07. The summed E-state index contributed by atoms with van der Waals surface area (Å²) in [5.74, 6) is 1.72. The van der Waals surface area contributed by atoms with Crippen molar-refractivity contribution in [3.63, 3.8) is 0 Å². The van der Waals surface area contributed by atoms with Gasteiger partial charge >= 0.3 is 0 Å². The number of benzene rings is 1. The minimum Gasteiger partial charge on any atom is -0.497 e. The molecule has 0 radical (unpaired) electrons. The van der Waals surface area contributed by atoms with Gasteiger partial charge in [0.1, 0.15) is 5.75 Å². The van der Waals surface area contributed by atoms with Crippen LogP contribution in [0, 0.1) is 11.8 Å². The summed E-state index contributed by atoms with van der Waals surface area (Å²) in [5.41, 5.74) is 2.46. The van der Waals surface area contributed by atoms with Gasteiger partial charge in [-0.1, -0.05) is 42.9 Å². The molecule has 4 heteroatoms. The van der Waals surface area contributed by atoms with E-state index in [1.54, 1.807) is 7.11 Å². The summed E-state index contributed by atoms with van der Waals surface area (Å²) in [4.78, 5) is 14.7. The smallest absolute Gasteiger partial charge is 0.223 e. The fraction of sp³-hybridized carbons (Fsp3) is 0.560. The lowest BCUT2D eigenvalue weighted by atomic mass is 9.90. The van der Waals surface area contributed by atoms with Crippen LogP contribution in [0.4, 0.5) is 0 Å². The van der Waals surface area contributed by atoms with Gasteiger partial charge in [-0.25, -0.2) is 0 Å². The first kappa shape index (κ1) is 21.6. The molecule has 5 atom stereocenters. The van der Waals surface area contributed by atoms with Crippen molar-refractivity contribution in [3.8, 4) is 5.75 Å². The number of rotatable bonds is 8. The zero-order chi connectivity index (χ0) is 21.0. The molecule has 1 aliphatic heterocycles. The Morgan fingerprint density at radius 3 is 2.52 bits per heavy atom. The van der Waals surface area contributed by atoms with E-state index in [0.717, 1.165) is 30.7 Å². The van der Waals surface area contributed by atoms with Crippen LogP contribution in [0.2, 0.25) is 0 Å². The highest BCUT2D eigenvalue weighted by Gasteiger charge is 2.37. The van der Waals surface area contributed by atoms with Gasteiger partial charge < -0.3 is 14.4 Å². The fourth-order valence-electron chi connectivity index (χ4n) is 4.42. The Bertz CT molecular complexity index is 752. The van der Waals surface area contributed by atoms with Crippen LogP contribution >= 0.6 is 0 Å². The molecule has 1 amide bonds. The van der Waals surface area contributed by atoms with Gasteiger partial charge in [0.05, 0.1) is 25.4 Å². The predicted octanol–water partition coefficient (Wildman–Crippen LogP) is 5.31. The molecule has 0 aromatic heterocycles. The Kier molecular flexibility index (Phi) is 7.18. The zero-order valence-electron chi connectivity index (χ0n) is 18.4. The summed E-state index contributed by atoms with van der Waals surface area (Å²) < 4.78 is 11.7. The van der Waals surface area contributed by atoms with Gasteiger partial charge in [0.25, 0.3) is 0 Å². The van der Waals surface area contributed by atoms with Crippen LogP contribution in [0.25, 0.3) is 0 Å². The molecule has 1 aromatic rings. The van der Waals surface area contributed by atoms with E-state index in [-0.39, 0.29) is 30.1 Å². The summed E-state index contributed by atoms with van der Waals surface area (Å²) in [6, 6.07) is 8.05.